The first kappa shape index (κ1) is 12.7. The molecule has 10 N–H and O–H groups in total. The van der Waals surface area contributed by atoms with Gasteiger partial charge in [-0.15, -0.1) is 0 Å². The van der Waals surface area contributed by atoms with Crippen LogP contribution in [-0.4, -0.2) is 17.8 Å². The summed E-state index contributed by atoms with van der Waals surface area (Å²) in [5.74, 6) is -3.04. The van der Waals surface area contributed by atoms with Crippen LogP contribution in [0.3, 0.4) is 0 Å². The van der Waals surface area contributed by atoms with Gasteiger partial charge >= 0.3 is 0 Å². The van der Waals surface area contributed by atoms with Crippen LogP contribution >= 0.6 is 0 Å². The number of nitrogens with zero attached hydrogens (tertiary/aromatic N) is 1. The molecule has 0 fully saturated rings. The van der Waals surface area contributed by atoms with Crippen LogP contribution in [-0.2, 0) is 11.3 Å². The molecule has 1 aliphatic rings. The van der Waals surface area contributed by atoms with Crippen molar-refractivity contribution in [3.05, 3.63) is 35.9 Å². The van der Waals surface area contributed by atoms with E-state index in [0.29, 0.717) is 6.61 Å². The van der Waals surface area contributed by atoms with Gasteiger partial charge in [0.15, 0.2) is 0 Å². The molecule has 0 radical (unpaired) electrons. The maximum absolute atomic E-state index is 5.65. The number of amidine groups is 1. The van der Waals surface area contributed by atoms with Gasteiger partial charge in [0.05, 0.1) is 0 Å². The summed E-state index contributed by atoms with van der Waals surface area (Å²) in [6.45, 7) is 0.304. The van der Waals surface area contributed by atoms with Crippen molar-refractivity contribution >= 4 is 6.02 Å². The van der Waals surface area contributed by atoms with Crippen molar-refractivity contribution in [3.63, 3.8) is 0 Å². The molecular weight excluding hydrogens is 234 g/mol. The minimum absolute atomic E-state index is 0.0904. The predicted octanol–water partition coefficient (Wildman–Crippen LogP) is -2.19. The summed E-state index contributed by atoms with van der Waals surface area (Å²) in [6.07, 6.45) is 0. The molecular formula is C10H17N7O. The second-order valence-corrected chi connectivity index (χ2v) is 4.14. The van der Waals surface area contributed by atoms with Gasteiger partial charge in [0.2, 0.25) is 11.8 Å². The lowest BCUT2D eigenvalue weighted by molar-refractivity contribution is 0.152. The van der Waals surface area contributed by atoms with Gasteiger partial charge < -0.3 is 4.74 Å². The Bertz CT molecular complexity index is 443. The molecule has 0 aliphatic carbocycles. The van der Waals surface area contributed by atoms with Crippen LogP contribution in [0.1, 0.15) is 5.56 Å². The van der Waals surface area contributed by atoms with Gasteiger partial charge in [0, 0.05) is 0 Å². The summed E-state index contributed by atoms with van der Waals surface area (Å²) >= 11 is 0. The lowest BCUT2D eigenvalue weighted by atomic mass is 10.2. The third-order valence-corrected chi connectivity index (χ3v) is 2.23. The van der Waals surface area contributed by atoms with E-state index in [1.807, 2.05) is 30.3 Å². The monoisotopic (exact) mass is 251 g/mol. The molecule has 0 saturated heterocycles. The van der Waals surface area contributed by atoms with Crippen molar-refractivity contribution in [2.45, 2.75) is 18.4 Å². The van der Waals surface area contributed by atoms with E-state index in [1.54, 1.807) is 0 Å². The first-order valence-corrected chi connectivity index (χ1v) is 5.36. The summed E-state index contributed by atoms with van der Waals surface area (Å²) in [5.41, 5.74) is 23.5. The molecule has 8 heteroatoms. The molecule has 0 spiro atoms. The second-order valence-electron chi connectivity index (χ2n) is 4.14. The molecule has 18 heavy (non-hydrogen) atoms. The van der Waals surface area contributed by atoms with Gasteiger partial charge in [-0.1, -0.05) is 30.3 Å². The Labute approximate surface area is 104 Å². The van der Waals surface area contributed by atoms with E-state index < -0.39 is 11.8 Å². The molecule has 0 unspecified atom stereocenters. The van der Waals surface area contributed by atoms with E-state index in [1.165, 1.54) is 0 Å². The number of ether oxygens (including phenoxy) is 1. The Hall–Kier alpha value is -1.71. The number of nitrogens with two attached hydrogens (primary N) is 4. The zero-order valence-electron chi connectivity index (χ0n) is 9.76. The van der Waals surface area contributed by atoms with Crippen LogP contribution in [0, 0.1) is 0 Å². The number of nitrogens with one attached hydrogen (secondary N) is 2. The van der Waals surface area contributed by atoms with Crippen molar-refractivity contribution < 1.29 is 4.74 Å². The average molecular weight is 251 g/mol. The normalized spacial score (nSPS) is 20.8. The maximum Gasteiger partial charge on any atom is 0.292 e. The molecule has 0 aromatic heterocycles. The largest absolute Gasteiger partial charge is 0.460 e. The van der Waals surface area contributed by atoms with Gasteiger partial charge in [0.1, 0.15) is 6.61 Å². The second kappa shape index (κ2) is 4.52. The summed E-state index contributed by atoms with van der Waals surface area (Å²) < 4.78 is 5.42. The van der Waals surface area contributed by atoms with Gasteiger partial charge in [-0.25, -0.2) is 5.32 Å². The molecule has 1 heterocycles. The number of benzene rings is 1. The van der Waals surface area contributed by atoms with Crippen LogP contribution < -0.4 is 33.6 Å². The molecule has 1 aromatic rings. The highest BCUT2D eigenvalue weighted by Gasteiger charge is 2.36. The number of hydrogen-bond donors (Lipinski definition) is 6. The topological polar surface area (TPSA) is 150 Å². The molecule has 0 atom stereocenters. The van der Waals surface area contributed by atoms with E-state index in [4.69, 9.17) is 27.7 Å². The molecule has 1 aromatic carbocycles. The fraction of sp³-hybridized carbons (Fsp3) is 0.300. The minimum atomic E-state index is -1.57. The third-order valence-electron chi connectivity index (χ3n) is 2.23. The summed E-state index contributed by atoms with van der Waals surface area (Å²) in [5, 5.41) is 5.12. The van der Waals surface area contributed by atoms with Gasteiger partial charge in [-0.2, -0.15) is 4.99 Å². The van der Waals surface area contributed by atoms with Crippen molar-refractivity contribution in [1.82, 2.24) is 10.6 Å². The summed E-state index contributed by atoms with van der Waals surface area (Å²) in [7, 11) is 0. The SMILES string of the molecule is NC1(N)N=C(OCc2ccccc2)NC(N)(N)N1. The molecule has 8 nitrogen and oxygen atoms in total. The van der Waals surface area contributed by atoms with Crippen molar-refractivity contribution in [3.8, 4) is 0 Å². The smallest absolute Gasteiger partial charge is 0.292 e. The number of rotatable bonds is 2. The zero-order chi connectivity index (χ0) is 13.2. The molecule has 2 rings (SSSR count). The van der Waals surface area contributed by atoms with E-state index in [-0.39, 0.29) is 6.02 Å². The quantitative estimate of drug-likeness (QED) is 0.327. The molecule has 0 saturated carbocycles. The van der Waals surface area contributed by atoms with E-state index in [0.717, 1.165) is 5.56 Å². The highest BCUT2D eigenvalue weighted by Crippen LogP contribution is 2.05. The fourth-order valence-electron chi connectivity index (χ4n) is 1.56. The predicted molar refractivity (Wildman–Crippen MR) is 67.1 cm³/mol. The lowest BCUT2D eigenvalue weighted by Crippen LogP contribution is -2.83. The Morgan fingerprint density at radius 1 is 1.11 bits per heavy atom. The van der Waals surface area contributed by atoms with Gasteiger partial charge in [0.25, 0.3) is 6.02 Å². The standard InChI is InChI=1S/C10H17N7O/c11-9(12)15-8(16-10(13,14)17-9)18-6-7-4-2-1-3-5-7/h1-5,17H,6,11-14H2,(H,15,16). The summed E-state index contributed by atoms with van der Waals surface area (Å²) in [4.78, 5) is 3.89. The third kappa shape index (κ3) is 3.39. The van der Waals surface area contributed by atoms with E-state index in [2.05, 4.69) is 15.6 Å². The first-order valence-electron chi connectivity index (χ1n) is 5.36. The van der Waals surface area contributed by atoms with Crippen LogP contribution in [0.4, 0.5) is 0 Å². The summed E-state index contributed by atoms with van der Waals surface area (Å²) in [6, 6.07) is 9.65. The van der Waals surface area contributed by atoms with Crippen LogP contribution in [0.5, 0.6) is 0 Å². The molecule has 1 aliphatic heterocycles. The Kier molecular flexibility index (Phi) is 3.20. The molecule has 0 amide bonds. The van der Waals surface area contributed by atoms with E-state index in [9.17, 15) is 0 Å². The highest BCUT2D eigenvalue weighted by molar-refractivity contribution is 5.75. The highest BCUT2D eigenvalue weighted by atomic mass is 16.5. The van der Waals surface area contributed by atoms with Gasteiger partial charge in [-0.3, -0.25) is 28.3 Å². The van der Waals surface area contributed by atoms with Crippen LogP contribution in [0.15, 0.2) is 35.3 Å². The minimum Gasteiger partial charge on any atom is -0.460 e. The fourth-order valence-corrected chi connectivity index (χ4v) is 1.56. The first-order chi connectivity index (χ1) is 8.36. The van der Waals surface area contributed by atoms with Crippen molar-refractivity contribution in [2.75, 3.05) is 0 Å². The van der Waals surface area contributed by atoms with Crippen molar-refractivity contribution in [1.29, 1.82) is 0 Å². The Balaban J connectivity index is 2.03. The Morgan fingerprint density at radius 2 is 1.78 bits per heavy atom. The Morgan fingerprint density at radius 3 is 2.39 bits per heavy atom. The molecule has 98 valence electrons. The number of hydrogen-bond acceptors (Lipinski definition) is 8. The van der Waals surface area contributed by atoms with Gasteiger partial charge in [-0.05, 0) is 5.56 Å². The zero-order valence-corrected chi connectivity index (χ0v) is 9.76. The number of aliphatic imine (C=N–C) groups is 1. The van der Waals surface area contributed by atoms with Crippen molar-refractivity contribution in [2.24, 2.45) is 27.9 Å². The molecule has 0 bridgehead atoms. The van der Waals surface area contributed by atoms with Crippen LogP contribution in [0.25, 0.3) is 0 Å². The average Bonchev–Trinajstić information content (AvgIpc) is 2.24. The maximum atomic E-state index is 5.65. The van der Waals surface area contributed by atoms with E-state index >= 15 is 0 Å². The van der Waals surface area contributed by atoms with Crippen LogP contribution in [0.2, 0.25) is 0 Å². The lowest BCUT2D eigenvalue weighted by Gasteiger charge is -2.38.